The first-order valence-corrected chi connectivity index (χ1v) is 16.1. The second-order valence-corrected chi connectivity index (χ2v) is 13.5. The monoisotopic (exact) mass is 591 g/mol. The van der Waals surface area contributed by atoms with Crippen LogP contribution in [0, 0.1) is 19.8 Å². The Morgan fingerprint density at radius 1 is 0.810 bits per heavy atom. The van der Waals surface area contributed by atoms with E-state index < -0.39 is 28.5 Å². The molecule has 0 saturated carbocycles. The summed E-state index contributed by atoms with van der Waals surface area (Å²) >= 11 is 0. The Kier molecular flexibility index (Phi) is 11.3. The summed E-state index contributed by atoms with van der Waals surface area (Å²) in [6.07, 6.45) is 0.384. The highest BCUT2D eigenvalue weighted by Gasteiger charge is 2.33. The summed E-state index contributed by atoms with van der Waals surface area (Å²) in [6.45, 7) is 14.1. The van der Waals surface area contributed by atoms with E-state index in [-0.39, 0.29) is 29.2 Å². The summed E-state index contributed by atoms with van der Waals surface area (Å²) in [5.74, 6) is -0.189. The first-order valence-electron chi connectivity index (χ1n) is 14.7. The number of amides is 2. The predicted molar refractivity (Wildman–Crippen MR) is 170 cm³/mol. The molecule has 0 radical (unpaired) electrons. The average molecular weight is 592 g/mol. The quantitative estimate of drug-likeness (QED) is 0.256. The van der Waals surface area contributed by atoms with Crippen LogP contribution >= 0.6 is 0 Å². The van der Waals surface area contributed by atoms with Crippen molar-refractivity contribution in [3.8, 4) is 0 Å². The highest BCUT2D eigenvalue weighted by molar-refractivity contribution is 7.92. The third kappa shape index (κ3) is 8.44. The number of anilines is 1. The topological polar surface area (TPSA) is 86.8 Å². The fraction of sp³-hybridized carbons (Fsp3) is 0.412. The number of hydrogen-bond acceptors (Lipinski definition) is 4. The molecule has 0 aromatic heterocycles. The Labute approximate surface area is 252 Å². The van der Waals surface area contributed by atoms with Crippen LogP contribution in [0.1, 0.15) is 69.2 Å². The van der Waals surface area contributed by atoms with Gasteiger partial charge in [0.15, 0.2) is 0 Å². The van der Waals surface area contributed by atoms with E-state index in [2.05, 4.69) is 19.2 Å². The third-order valence-corrected chi connectivity index (χ3v) is 9.07. The van der Waals surface area contributed by atoms with E-state index in [4.69, 9.17) is 0 Å². The van der Waals surface area contributed by atoms with Gasteiger partial charge < -0.3 is 10.2 Å². The first kappa shape index (κ1) is 32.9. The second kappa shape index (κ2) is 14.5. The van der Waals surface area contributed by atoms with Crippen molar-refractivity contribution >= 4 is 27.5 Å². The lowest BCUT2D eigenvalue weighted by molar-refractivity contribution is -0.140. The van der Waals surface area contributed by atoms with Crippen molar-refractivity contribution in [3.63, 3.8) is 0 Å². The van der Waals surface area contributed by atoms with Crippen molar-refractivity contribution in [2.75, 3.05) is 17.4 Å². The molecule has 0 aliphatic heterocycles. The van der Waals surface area contributed by atoms with Crippen LogP contribution in [0.15, 0.2) is 77.7 Å². The molecule has 0 bridgehead atoms. The summed E-state index contributed by atoms with van der Waals surface area (Å²) in [4.78, 5) is 29.1. The van der Waals surface area contributed by atoms with Crippen LogP contribution in [0.4, 0.5) is 5.69 Å². The van der Waals surface area contributed by atoms with Crippen molar-refractivity contribution in [1.29, 1.82) is 0 Å². The van der Waals surface area contributed by atoms with Gasteiger partial charge in [0.1, 0.15) is 12.6 Å². The number of hydrogen-bond donors (Lipinski definition) is 1. The van der Waals surface area contributed by atoms with E-state index in [9.17, 15) is 18.0 Å². The number of nitrogens with zero attached hydrogens (tertiary/aromatic N) is 2. The summed E-state index contributed by atoms with van der Waals surface area (Å²) in [7, 11) is -4.10. The number of benzene rings is 3. The van der Waals surface area contributed by atoms with E-state index in [1.807, 2.05) is 71.0 Å². The maximum absolute atomic E-state index is 14.2. The van der Waals surface area contributed by atoms with Gasteiger partial charge in [0.25, 0.3) is 10.0 Å². The molecule has 0 spiro atoms. The predicted octanol–water partition coefficient (Wildman–Crippen LogP) is 6.20. The Bertz CT molecular complexity index is 1430. The zero-order valence-corrected chi connectivity index (χ0v) is 26.7. The molecule has 0 saturated heterocycles. The molecular weight excluding hydrogens is 546 g/mol. The Hall–Kier alpha value is -3.65. The molecule has 1 N–H and O–H groups in total. The van der Waals surface area contributed by atoms with Crippen LogP contribution in [0.25, 0.3) is 0 Å². The number of aryl methyl sites for hydroxylation is 2. The van der Waals surface area contributed by atoms with Crippen LogP contribution in [0.5, 0.6) is 0 Å². The van der Waals surface area contributed by atoms with Gasteiger partial charge in [-0.2, -0.15) is 0 Å². The van der Waals surface area contributed by atoms with Gasteiger partial charge in [-0.3, -0.25) is 13.9 Å². The Balaban J connectivity index is 2.06. The molecule has 226 valence electrons. The zero-order chi connectivity index (χ0) is 31.0. The Morgan fingerprint density at radius 3 is 1.86 bits per heavy atom. The number of rotatable bonds is 13. The molecule has 0 fully saturated rings. The summed E-state index contributed by atoms with van der Waals surface area (Å²) < 4.78 is 29.2. The van der Waals surface area contributed by atoms with Gasteiger partial charge in [-0.15, -0.1) is 0 Å². The van der Waals surface area contributed by atoms with Gasteiger partial charge in [0.05, 0.1) is 10.6 Å². The largest absolute Gasteiger partial charge is 0.354 e. The van der Waals surface area contributed by atoms with Crippen molar-refractivity contribution in [2.24, 2.45) is 5.92 Å². The van der Waals surface area contributed by atoms with E-state index in [0.29, 0.717) is 18.7 Å². The minimum atomic E-state index is -4.10. The van der Waals surface area contributed by atoms with Gasteiger partial charge in [-0.25, -0.2) is 8.42 Å². The molecule has 42 heavy (non-hydrogen) atoms. The lowest BCUT2D eigenvalue weighted by Crippen LogP contribution is -2.52. The Morgan fingerprint density at radius 2 is 1.36 bits per heavy atom. The van der Waals surface area contributed by atoms with Gasteiger partial charge in [0.2, 0.25) is 11.8 Å². The van der Waals surface area contributed by atoms with E-state index in [0.717, 1.165) is 26.6 Å². The standard InChI is InChI=1S/C34H45N3O4S/c1-8-32(34(39)35-21-24(2)3)36(22-28-13-9-26(6)10-14-28)33(38)23-37(30-17-15-29(16-18-30)25(4)5)42(40,41)31-19-11-27(7)12-20-31/h9-20,24-25,32H,8,21-23H2,1-7H3,(H,35,39). The van der Waals surface area contributed by atoms with E-state index >= 15 is 0 Å². The molecule has 0 aliphatic carbocycles. The molecule has 7 nitrogen and oxygen atoms in total. The summed E-state index contributed by atoms with van der Waals surface area (Å²) in [5, 5.41) is 2.96. The minimum Gasteiger partial charge on any atom is -0.354 e. The molecular formula is C34H45N3O4S. The maximum atomic E-state index is 14.2. The molecule has 2 amide bonds. The number of carbonyl (C=O) groups is 2. The van der Waals surface area contributed by atoms with Gasteiger partial charge in [-0.1, -0.05) is 94.3 Å². The maximum Gasteiger partial charge on any atom is 0.264 e. The van der Waals surface area contributed by atoms with Crippen molar-refractivity contribution in [2.45, 2.75) is 78.3 Å². The first-order chi connectivity index (χ1) is 19.8. The lowest BCUT2D eigenvalue weighted by atomic mass is 10.0. The van der Waals surface area contributed by atoms with Crippen LogP contribution < -0.4 is 9.62 Å². The average Bonchev–Trinajstić information content (AvgIpc) is 2.95. The van der Waals surface area contributed by atoms with E-state index in [1.54, 1.807) is 36.4 Å². The highest BCUT2D eigenvalue weighted by Crippen LogP contribution is 2.27. The SMILES string of the molecule is CCC(C(=O)NCC(C)C)N(Cc1ccc(C)cc1)C(=O)CN(c1ccc(C(C)C)cc1)S(=O)(=O)c1ccc(C)cc1. The normalized spacial score (nSPS) is 12.3. The molecule has 1 atom stereocenters. The van der Waals surface area contributed by atoms with Crippen LogP contribution in [0.3, 0.4) is 0 Å². The van der Waals surface area contributed by atoms with Crippen LogP contribution in [-0.2, 0) is 26.2 Å². The number of carbonyl (C=O) groups excluding carboxylic acids is 2. The third-order valence-electron chi connectivity index (χ3n) is 7.28. The van der Waals surface area contributed by atoms with Crippen molar-refractivity contribution < 1.29 is 18.0 Å². The molecule has 0 heterocycles. The lowest BCUT2D eigenvalue weighted by Gasteiger charge is -2.33. The minimum absolute atomic E-state index is 0.0978. The summed E-state index contributed by atoms with van der Waals surface area (Å²) in [6, 6.07) is 20.9. The van der Waals surface area contributed by atoms with Crippen molar-refractivity contribution in [3.05, 3.63) is 95.1 Å². The van der Waals surface area contributed by atoms with E-state index in [1.165, 1.54) is 4.90 Å². The summed E-state index contributed by atoms with van der Waals surface area (Å²) in [5.41, 5.74) is 4.32. The van der Waals surface area contributed by atoms with Crippen LogP contribution in [-0.4, -0.2) is 44.3 Å². The molecule has 3 aromatic carbocycles. The zero-order valence-electron chi connectivity index (χ0n) is 25.9. The molecule has 3 aromatic rings. The fourth-order valence-corrected chi connectivity index (χ4v) is 6.04. The molecule has 3 rings (SSSR count). The fourth-order valence-electron chi connectivity index (χ4n) is 4.62. The highest BCUT2D eigenvalue weighted by atomic mass is 32.2. The molecule has 0 aliphatic rings. The second-order valence-electron chi connectivity index (χ2n) is 11.6. The molecule has 1 unspecified atom stereocenters. The number of sulfonamides is 1. The smallest absolute Gasteiger partial charge is 0.264 e. The molecule has 8 heteroatoms. The van der Waals surface area contributed by atoms with Crippen molar-refractivity contribution in [1.82, 2.24) is 10.2 Å². The van der Waals surface area contributed by atoms with Gasteiger partial charge >= 0.3 is 0 Å². The van der Waals surface area contributed by atoms with Gasteiger partial charge in [0, 0.05) is 13.1 Å². The number of nitrogens with one attached hydrogen (secondary N) is 1. The van der Waals surface area contributed by atoms with Gasteiger partial charge in [-0.05, 0) is 67.5 Å². The van der Waals surface area contributed by atoms with Crippen LogP contribution in [0.2, 0.25) is 0 Å².